The smallest absolute Gasteiger partial charge is 0.237 e. The third-order valence-corrected chi connectivity index (χ3v) is 7.47. The second-order valence-electron chi connectivity index (χ2n) is 8.55. The van der Waals surface area contributed by atoms with Gasteiger partial charge in [-0.15, -0.1) is 0 Å². The van der Waals surface area contributed by atoms with E-state index in [0.29, 0.717) is 25.4 Å². The van der Waals surface area contributed by atoms with Gasteiger partial charge in [-0.3, -0.25) is 9.69 Å². The van der Waals surface area contributed by atoms with Crippen LogP contribution in [0.4, 0.5) is 5.69 Å². The zero-order valence-corrected chi connectivity index (χ0v) is 18.1. The maximum atomic E-state index is 13.0. The topological polar surface area (TPSA) is 60.9 Å². The summed E-state index contributed by atoms with van der Waals surface area (Å²) in [6, 6.07) is 8.25. The molecule has 1 atom stereocenters. The number of amides is 1. The number of hydrogen-bond donors (Lipinski definition) is 0. The third-order valence-electron chi connectivity index (χ3n) is 5.72. The average Bonchev–Trinajstić information content (AvgIpc) is 3.00. The van der Waals surface area contributed by atoms with Gasteiger partial charge in [0.25, 0.3) is 0 Å². The van der Waals surface area contributed by atoms with Gasteiger partial charge >= 0.3 is 0 Å². The fraction of sp³-hybridized carbons (Fsp3) is 0.667. The summed E-state index contributed by atoms with van der Waals surface area (Å²) in [5.74, 6) is 0.714. The van der Waals surface area contributed by atoms with Gasteiger partial charge in [-0.1, -0.05) is 32.0 Å². The molecule has 0 radical (unpaired) electrons. The van der Waals surface area contributed by atoms with Crippen LogP contribution in [0.1, 0.15) is 25.8 Å². The van der Waals surface area contributed by atoms with Crippen molar-refractivity contribution in [2.75, 3.05) is 55.7 Å². The Bertz CT molecular complexity index is 786. The van der Waals surface area contributed by atoms with Crippen molar-refractivity contribution < 1.29 is 13.2 Å². The van der Waals surface area contributed by atoms with Gasteiger partial charge in [0.2, 0.25) is 5.91 Å². The van der Waals surface area contributed by atoms with Gasteiger partial charge in [0, 0.05) is 44.5 Å². The molecule has 6 nitrogen and oxygen atoms in total. The third kappa shape index (κ3) is 5.26. The fourth-order valence-electron chi connectivity index (χ4n) is 4.22. The lowest BCUT2D eigenvalue weighted by molar-refractivity contribution is -0.135. The van der Waals surface area contributed by atoms with Crippen molar-refractivity contribution in [2.45, 2.75) is 33.2 Å². The molecule has 2 heterocycles. The average molecular weight is 408 g/mol. The van der Waals surface area contributed by atoms with E-state index in [1.807, 2.05) is 4.90 Å². The normalized spacial score (nSPS) is 22.6. The molecule has 0 aliphatic carbocycles. The van der Waals surface area contributed by atoms with Crippen LogP contribution < -0.4 is 4.90 Å². The number of sulfone groups is 1. The molecule has 3 rings (SSSR count). The lowest BCUT2D eigenvalue weighted by Gasteiger charge is -2.38. The second-order valence-corrected chi connectivity index (χ2v) is 10.8. The van der Waals surface area contributed by atoms with Gasteiger partial charge in [0.1, 0.15) is 0 Å². The van der Waals surface area contributed by atoms with E-state index in [4.69, 9.17) is 0 Å². The molecule has 7 heteroatoms. The van der Waals surface area contributed by atoms with Crippen LogP contribution in [0.25, 0.3) is 0 Å². The molecular weight excluding hydrogens is 374 g/mol. The molecule has 2 aliphatic heterocycles. The molecule has 0 aromatic heterocycles. The number of nitrogens with zero attached hydrogens (tertiary/aromatic N) is 3. The maximum Gasteiger partial charge on any atom is 0.237 e. The monoisotopic (exact) mass is 407 g/mol. The number of aryl methyl sites for hydroxylation is 1. The van der Waals surface area contributed by atoms with E-state index in [1.54, 1.807) is 0 Å². The summed E-state index contributed by atoms with van der Waals surface area (Å²) in [7, 11) is -3.00. The first-order valence-electron chi connectivity index (χ1n) is 10.3. The van der Waals surface area contributed by atoms with Crippen LogP contribution in [0.5, 0.6) is 0 Å². The van der Waals surface area contributed by atoms with Crippen molar-refractivity contribution in [2.24, 2.45) is 5.92 Å². The highest BCUT2D eigenvalue weighted by Crippen LogP contribution is 2.22. The van der Waals surface area contributed by atoms with E-state index in [0.717, 1.165) is 26.2 Å². The number of anilines is 1. The van der Waals surface area contributed by atoms with Crippen molar-refractivity contribution in [3.8, 4) is 0 Å². The van der Waals surface area contributed by atoms with Crippen LogP contribution in [0.3, 0.4) is 0 Å². The van der Waals surface area contributed by atoms with Crippen LogP contribution in [-0.4, -0.2) is 80.9 Å². The Balaban J connectivity index is 1.58. The lowest BCUT2D eigenvalue weighted by atomic mass is 10.1. The standard InChI is InChI=1S/C21H33N3O3S/c1-17(2)14-24(19-8-13-28(26,27)16-19)21(25)15-22-9-11-23(12-10-22)20-7-5-4-6-18(20)3/h4-7,17,19H,8-16H2,1-3H3/t19-/m1/s1. The van der Waals surface area contributed by atoms with Gasteiger partial charge in [0.15, 0.2) is 9.84 Å². The first-order valence-corrected chi connectivity index (χ1v) is 12.1. The van der Waals surface area contributed by atoms with E-state index in [2.05, 4.69) is 54.8 Å². The Kier molecular flexibility index (Phi) is 6.65. The zero-order valence-electron chi connectivity index (χ0n) is 17.3. The molecule has 1 aromatic carbocycles. The van der Waals surface area contributed by atoms with Crippen LogP contribution in [0.15, 0.2) is 24.3 Å². The van der Waals surface area contributed by atoms with Crippen LogP contribution in [0, 0.1) is 12.8 Å². The minimum absolute atomic E-state index is 0.0696. The maximum absolute atomic E-state index is 13.0. The van der Waals surface area contributed by atoms with E-state index >= 15 is 0 Å². The molecule has 2 saturated heterocycles. The summed E-state index contributed by atoms with van der Waals surface area (Å²) < 4.78 is 23.8. The summed E-state index contributed by atoms with van der Waals surface area (Å²) in [6.07, 6.45) is 0.571. The SMILES string of the molecule is Cc1ccccc1N1CCN(CC(=O)N(CC(C)C)[C@@H]2CCS(=O)(=O)C2)CC1. The molecule has 0 spiro atoms. The molecule has 0 unspecified atom stereocenters. The lowest BCUT2D eigenvalue weighted by Crippen LogP contribution is -2.52. The van der Waals surface area contributed by atoms with Crippen LogP contribution in [-0.2, 0) is 14.6 Å². The molecule has 2 fully saturated rings. The van der Waals surface area contributed by atoms with Crippen molar-refractivity contribution >= 4 is 21.4 Å². The molecule has 1 aromatic rings. The first kappa shape index (κ1) is 21.1. The Hall–Kier alpha value is -1.60. The number of benzene rings is 1. The number of carbonyl (C=O) groups excluding carboxylic acids is 1. The predicted molar refractivity (Wildman–Crippen MR) is 113 cm³/mol. The van der Waals surface area contributed by atoms with Crippen LogP contribution >= 0.6 is 0 Å². The van der Waals surface area contributed by atoms with Crippen molar-refractivity contribution in [1.82, 2.24) is 9.80 Å². The Morgan fingerprint density at radius 2 is 1.86 bits per heavy atom. The molecule has 0 bridgehead atoms. The minimum atomic E-state index is -3.00. The molecule has 2 aliphatic rings. The molecular formula is C21H33N3O3S. The molecule has 156 valence electrons. The van der Waals surface area contributed by atoms with E-state index in [1.165, 1.54) is 11.3 Å². The van der Waals surface area contributed by atoms with Gasteiger partial charge in [0.05, 0.1) is 18.1 Å². The summed E-state index contributed by atoms with van der Waals surface area (Å²) in [4.78, 5) is 19.4. The second kappa shape index (κ2) is 8.82. The van der Waals surface area contributed by atoms with E-state index in [-0.39, 0.29) is 23.5 Å². The van der Waals surface area contributed by atoms with Crippen LogP contribution in [0.2, 0.25) is 0 Å². The predicted octanol–water partition coefficient (Wildman–Crippen LogP) is 1.79. The Morgan fingerprint density at radius 3 is 2.43 bits per heavy atom. The Labute approximate surface area is 169 Å². The van der Waals surface area contributed by atoms with Gasteiger partial charge in [-0.25, -0.2) is 8.42 Å². The van der Waals surface area contributed by atoms with Crippen molar-refractivity contribution in [3.05, 3.63) is 29.8 Å². The number of hydrogen-bond acceptors (Lipinski definition) is 5. The Morgan fingerprint density at radius 1 is 1.18 bits per heavy atom. The molecule has 28 heavy (non-hydrogen) atoms. The van der Waals surface area contributed by atoms with Gasteiger partial charge < -0.3 is 9.80 Å². The molecule has 0 N–H and O–H groups in total. The highest BCUT2D eigenvalue weighted by molar-refractivity contribution is 7.91. The summed E-state index contributed by atoms with van der Waals surface area (Å²) in [5, 5.41) is 0. The zero-order chi connectivity index (χ0) is 20.3. The highest BCUT2D eigenvalue weighted by atomic mass is 32.2. The number of rotatable bonds is 6. The summed E-state index contributed by atoms with van der Waals surface area (Å²) in [5.41, 5.74) is 2.55. The van der Waals surface area contributed by atoms with E-state index < -0.39 is 9.84 Å². The number of carbonyl (C=O) groups is 1. The summed E-state index contributed by atoms with van der Waals surface area (Å²) in [6.45, 7) is 10.8. The fourth-order valence-corrected chi connectivity index (χ4v) is 5.95. The quantitative estimate of drug-likeness (QED) is 0.720. The highest BCUT2D eigenvalue weighted by Gasteiger charge is 2.35. The van der Waals surface area contributed by atoms with Gasteiger partial charge in [-0.05, 0) is 30.9 Å². The van der Waals surface area contributed by atoms with Crippen molar-refractivity contribution in [1.29, 1.82) is 0 Å². The number of para-hydroxylation sites is 1. The molecule has 1 amide bonds. The number of piperazine rings is 1. The minimum Gasteiger partial charge on any atom is -0.369 e. The summed E-state index contributed by atoms with van der Waals surface area (Å²) >= 11 is 0. The molecule has 0 saturated carbocycles. The largest absolute Gasteiger partial charge is 0.369 e. The van der Waals surface area contributed by atoms with E-state index in [9.17, 15) is 13.2 Å². The first-order chi connectivity index (χ1) is 13.2. The van der Waals surface area contributed by atoms with Gasteiger partial charge in [-0.2, -0.15) is 0 Å². The van der Waals surface area contributed by atoms with Crippen molar-refractivity contribution in [3.63, 3.8) is 0 Å².